The number of nitrogens with zero attached hydrogens (tertiary/aromatic N) is 2. The highest BCUT2D eigenvalue weighted by Crippen LogP contribution is 2.45. The molecule has 2 heterocycles. The lowest BCUT2D eigenvalue weighted by Crippen LogP contribution is -2.51. The van der Waals surface area contributed by atoms with Gasteiger partial charge < -0.3 is 15.5 Å². The summed E-state index contributed by atoms with van der Waals surface area (Å²) in [5.41, 5.74) is 0.432. The van der Waals surface area contributed by atoms with Gasteiger partial charge >= 0.3 is 6.03 Å². The molecule has 34 heavy (non-hydrogen) atoms. The molecule has 3 aliphatic rings. The van der Waals surface area contributed by atoms with Crippen LogP contribution in [0.2, 0.25) is 0 Å². The van der Waals surface area contributed by atoms with Crippen LogP contribution in [-0.4, -0.2) is 58.7 Å². The van der Waals surface area contributed by atoms with Gasteiger partial charge in [-0.2, -0.15) is 0 Å². The first-order valence-corrected chi connectivity index (χ1v) is 12.5. The Balaban J connectivity index is 1.33. The fourth-order valence-corrected chi connectivity index (χ4v) is 5.48. The van der Waals surface area contributed by atoms with Crippen LogP contribution < -0.4 is 10.6 Å². The minimum Gasteiger partial charge on any atom is -0.339 e. The number of nitrogens with one attached hydrogen (secondary N) is 2. The number of hydrogen-bond acceptors (Lipinski definition) is 4. The van der Waals surface area contributed by atoms with E-state index in [4.69, 9.17) is 0 Å². The Kier molecular flexibility index (Phi) is 6.69. The average molecular weight is 469 g/mol. The number of carbonyl (C=O) groups is 4. The van der Waals surface area contributed by atoms with Crippen LogP contribution in [0.4, 0.5) is 10.5 Å². The van der Waals surface area contributed by atoms with Gasteiger partial charge in [-0.05, 0) is 74.1 Å². The third-order valence-corrected chi connectivity index (χ3v) is 8.21. The summed E-state index contributed by atoms with van der Waals surface area (Å²) in [6.45, 7) is 7.94. The van der Waals surface area contributed by atoms with E-state index in [9.17, 15) is 19.2 Å². The van der Waals surface area contributed by atoms with E-state index >= 15 is 0 Å². The Morgan fingerprint density at radius 3 is 2.29 bits per heavy atom. The Morgan fingerprint density at radius 2 is 1.71 bits per heavy atom. The molecule has 8 heteroatoms. The molecule has 5 amide bonds. The summed E-state index contributed by atoms with van der Waals surface area (Å²) >= 11 is 0. The second kappa shape index (κ2) is 9.39. The SMILES string of the molecule is CCC(C)(C)C1CCC2(CC1)NC(=O)N(CC(=O)Nc1ccc(C(=O)N3CCCC3)cc1)C2=O. The van der Waals surface area contributed by atoms with Gasteiger partial charge in [0.1, 0.15) is 12.1 Å². The second-order valence-electron chi connectivity index (χ2n) is 10.6. The van der Waals surface area contributed by atoms with Crippen LogP contribution >= 0.6 is 0 Å². The normalized spacial score (nSPS) is 25.1. The quantitative estimate of drug-likeness (QED) is 0.621. The van der Waals surface area contributed by atoms with Crippen LogP contribution in [0.1, 0.15) is 76.1 Å². The highest BCUT2D eigenvalue weighted by atomic mass is 16.2. The Labute approximate surface area is 201 Å². The number of rotatable bonds is 6. The van der Waals surface area contributed by atoms with Gasteiger partial charge in [-0.25, -0.2) is 4.79 Å². The molecule has 184 valence electrons. The first-order valence-electron chi connectivity index (χ1n) is 12.5. The minimum atomic E-state index is -0.880. The van der Waals surface area contributed by atoms with Crippen molar-refractivity contribution in [3.8, 4) is 0 Å². The fourth-order valence-electron chi connectivity index (χ4n) is 5.48. The fraction of sp³-hybridized carbons (Fsp3) is 0.615. The molecule has 2 saturated heterocycles. The highest BCUT2D eigenvalue weighted by Gasteiger charge is 2.53. The van der Waals surface area contributed by atoms with Crippen molar-refractivity contribution in [3.05, 3.63) is 29.8 Å². The van der Waals surface area contributed by atoms with Crippen LogP contribution in [-0.2, 0) is 9.59 Å². The van der Waals surface area contributed by atoms with Crippen LogP contribution in [0.25, 0.3) is 0 Å². The van der Waals surface area contributed by atoms with Crippen molar-refractivity contribution in [3.63, 3.8) is 0 Å². The molecule has 1 saturated carbocycles. The number of carbonyl (C=O) groups excluding carboxylic acids is 4. The topological polar surface area (TPSA) is 98.8 Å². The molecule has 2 N–H and O–H groups in total. The molecule has 1 aromatic carbocycles. The van der Waals surface area contributed by atoms with Gasteiger partial charge in [0, 0.05) is 24.3 Å². The molecule has 8 nitrogen and oxygen atoms in total. The van der Waals surface area contributed by atoms with E-state index < -0.39 is 17.5 Å². The molecule has 3 fully saturated rings. The predicted octanol–water partition coefficient (Wildman–Crippen LogP) is 3.78. The van der Waals surface area contributed by atoms with Crippen molar-refractivity contribution in [1.29, 1.82) is 0 Å². The molecule has 0 atom stereocenters. The zero-order chi connectivity index (χ0) is 24.5. The molecular weight excluding hydrogens is 432 g/mol. The van der Waals surface area contributed by atoms with E-state index in [1.165, 1.54) is 0 Å². The minimum absolute atomic E-state index is 0.00273. The zero-order valence-electron chi connectivity index (χ0n) is 20.5. The number of urea groups is 1. The van der Waals surface area contributed by atoms with Gasteiger partial charge in [0.25, 0.3) is 11.8 Å². The van der Waals surface area contributed by atoms with Crippen LogP contribution in [0.5, 0.6) is 0 Å². The van der Waals surface area contributed by atoms with Crippen molar-refractivity contribution in [2.45, 2.75) is 71.3 Å². The van der Waals surface area contributed by atoms with Crippen molar-refractivity contribution in [2.24, 2.45) is 11.3 Å². The van der Waals surface area contributed by atoms with Gasteiger partial charge in [-0.15, -0.1) is 0 Å². The lowest BCUT2D eigenvalue weighted by molar-refractivity contribution is -0.135. The monoisotopic (exact) mass is 468 g/mol. The average Bonchev–Trinajstić information content (AvgIpc) is 3.43. The van der Waals surface area contributed by atoms with Crippen molar-refractivity contribution in [2.75, 3.05) is 25.0 Å². The maximum absolute atomic E-state index is 13.2. The van der Waals surface area contributed by atoms with E-state index in [1.807, 2.05) is 4.90 Å². The standard InChI is InChI=1S/C26H36N4O4/c1-4-25(2,3)19-11-13-26(14-12-19)23(33)30(24(34)28-26)17-21(31)27-20-9-7-18(8-10-20)22(32)29-15-5-6-16-29/h7-10,19H,4-6,11-17H2,1-3H3,(H,27,31)(H,28,34). The van der Waals surface area contributed by atoms with E-state index in [0.717, 1.165) is 50.1 Å². The molecule has 0 unspecified atom stereocenters. The molecule has 1 spiro atoms. The highest BCUT2D eigenvalue weighted by molar-refractivity contribution is 6.10. The Hall–Kier alpha value is -2.90. The summed E-state index contributed by atoms with van der Waals surface area (Å²) in [5, 5.41) is 5.62. The summed E-state index contributed by atoms with van der Waals surface area (Å²) in [4.78, 5) is 53.7. The van der Waals surface area contributed by atoms with E-state index in [1.54, 1.807) is 24.3 Å². The summed E-state index contributed by atoms with van der Waals surface area (Å²) in [6, 6.07) is 6.22. The number of benzene rings is 1. The van der Waals surface area contributed by atoms with Crippen LogP contribution in [0.3, 0.4) is 0 Å². The predicted molar refractivity (Wildman–Crippen MR) is 129 cm³/mol. The maximum Gasteiger partial charge on any atom is 0.325 e. The number of anilines is 1. The molecule has 1 aliphatic carbocycles. The van der Waals surface area contributed by atoms with E-state index in [-0.39, 0.29) is 23.8 Å². The third-order valence-electron chi connectivity index (χ3n) is 8.21. The van der Waals surface area contributed by atoms with Gasteiger partial charge in [-0.1, -0.05) is 27.2 Å². The van der Waals surface area contributed by atoms with Gasteiger partial charge in [-0.3, -0.25) is 19.3 Å². The van der Waals surface area contributed by atoms with Gasteiger partial charge in [0.05, 0.1) is 0 Å². The van der Waals surface area contributed by atoms with Crippen LogP contribution in [0, 0.1) is 11.3 Å². The molecule has 1 aromatic rings. The first-order chi connectivity index (χ1) is 16.1. The molecule has 0 bridgehead atoms. The number of likely N-dealkylation sites (tertiary alicyclic amines) is 1. The van der Waals surface area contributed by atoms with Crippen molar-refractivity contribution >= 4 is 29.4 Å². The van der Waals surface area contributed by atoms with Crippen molar-refractivity contribution < 1.29 is 19.2 Å². The summed E-state index contributed by atoms with van der Waals surface area (Å²) in [6.07, 6.45) is 6.12. The maximum atomic E-state index is 13.2. The Morgan fingerprint density at radius 1 is 1.09 bits per heavy atom. The molecule has 0 radical (unpaired) electrons. The van der Waals surface area contributed by atoms with Crippen molar-refractivity contribution in [1.82, 2.24) is 15.1 Å². The lowest BCUT2D eigenvalue weighted by Gasteiger charge is -2.42. The lowest BCUT2D eigenvalue weighted by atomic mass is 9.65. The number of amides is 5. The molecule has 2 aliphatic heterocycles. The molecular formula is C26H36N4O4. The second-order valence-corrected chi connectivity index (χ2v) is 10.6. The van der Waals surface area contributed by atoms with Gasteiger partial charge in [0.2, 0.25) is 5.91 Å². The first kappa shape index (κ1) is 24.2. The smallest absolute Gasteiger partial charge is 0.325 e. The largest absolute Gasteiger partial charge is 0.339 e. The van der Waals surface area contributed by atoms with Crippen LogP contribution in [0.15, 0.2) is 24.3 Å². The Bertz CT molecular complexity index is 958. The zero-order valence-corrected chi connectivity index (χ0v) is 20.5. The van der Waals surface area contributed by atoms with E-state index in [0.29, 0.717) is 30.0 Å². The van der Waals surface area contributed by atoms with E-state index in [2.05, 4.69) is 31.4 Å². The summed E-state index contributed by atoms with van der Waals surface area (Å²) < 4.78 is 0. The third kappa shape index (κ3) is 4.68. The molecule has 4 rings (SSSR count). The molecule has 0 aromatic heterocycles. The van der Waals surface area contributed by atoms with Gasteiger partial charge in [0.15, 0.2) is 0 Å². The summed E-state index contributed by atoms with van der Waals surface area (Å²) in [7, 11) is 0. The summed E-state index contributed by atoms with van der Waals surface area (Å²) in [5.74, 6) is -0.227. The number of hydrogen-bond donors (Lipinski definition) is 2. The number of imide groups is 1.